The maximum Gasteiger partial charge on any atom is 0.258 e. The Bertz CT molecular complexity index is 844. The van der Waals surface area contributed by atoms with Crippen molar-refractivity contribution in [1.82, 2.24) is 14.5 Å². The van der Waals surface area contributed by atoms with E-state index in [4.69, 9.17) is 23.2 Å². The second kappa shape index (κ2) is 5.35. The molecule has 0 atom stereocenters. The van der Waals surface area contributed by atoms with Crippen LogP contribution in [-0.2, 0) is 7.05 Å². The third-order valence-corrected chi connectivity index (χ3v) is 3.56. The Balaban J connectivity index is 2.02. The summed E-state index contributed by atoms with van der Waals surface area (Å²) < 4.78 is 1.80. The van der Waals surface area contributed by atoms with Gasteiger partial charge in [-0.15, -0.1) is 0 Å². The van der Waals surface area contributed by atoms with E-state index in [1.165, 1.54) is 0 Å². The number of anilines is 1. The molecule has 0 saturated carbocycles. The van der Waals surface area contributed by atoms with E-state index < -0.39 is 0 Å². The Morgan fingerprint density at radius 3 is 2.81 bits per heavy atom. The Kier molecular flexibility index (Phi) is 3.53. The summed E-state index contributed by atoms with van der Waals surface area (Å²) in [6, 6.07) is 8.47. The van der Waals surface area contributed by atoms with E-state index in [9.17, 15) is 4.79 Å². The summed E-state index contributed by atoms with van der Waals surface area (Å²) >= 11 is 12.0. The maximum absolute atomic E-state index is 12.3. The second-order valence-electron chi connectivity index (χ2n) is 4.45. The van der Waals surface area contributed by atoms with Crippen molar-refractivity contribution in [2.24, 2.45) is 7.05 Å². The fourth-order valence-corrected chi connectivity index (χ4v) is 2.41. The number of fused-ring (bicyclic) bond motifs is 1. The molecule has 3 aromatic rings. The van der Waals surface area contributed by atoms with Gasteiger partial charge in [0.25, 0.3) is 5.91 Å². The monoisotopic (exact) mass is 320 g/mol. The summed E-state index contributed by atoms with van der Waals surface area (Å²) in [5.41, 5.74) is 1.72. The predicted octanol–water partition coefficient (Wildman–Crippen LogP) is 3.53. The molecule has 3 rings (SSSR count). The molecule has 7 heteroatoms. The fourth-order valence-electron chi connectivity index (χ4n) is 2.00. The minimum absolute atomic E-state index is 0.278. The lowest BCUT2D eigenvalue weighted by atomic mass is 10.2. The van der Waals surface area contributed by atoms with Crippen molar-refractivity contribution in [1.29, 1.82) is 0 Å². The van der Waals surface area contributed by atoms with E-state index in [1.54, 1.807) is 41.2 Å². The first-order valence-corrected chi connectivity index (χ1v) is 6.85. The minimum atomic E-state index is -0.359. The van der Waals surface area contributed by atoms with E-state index >= 15 is 0 Å². The molecule has 0 radical (unpaired) electrons. The molecule has 0 saturated heterocycles. The number of rotatable bonds is 2. The zero-order valence-corrected chi connectivity index (χ0v) is 12.5. The zero-order valence-electron chi connectivity index (χ0n) is 11.0. The Morgan fingerprint density at radius 1 is 1.29 bits per heavy atom. The maximum atomic E-state index is 12.3. The number of benzene rings is 1. The highest BCUT2D eigenvalue weighted by atomic mass is 35.5. The molecule has 0 aliphatic carbocycles. The Hall–Kier alpha value is -2.11. The van der Waals surface area contributed by atoms with Crippen LogP contribution >= 0.6 is 23.2 Å². The number of halogens is 2. The van der Waals surface area contributed by atoms with E-state index in [0.29, 0.717) is 21.9 Å². The lowest BCUT2D eigenvalue weighted by Crippen LogP contribution is -2.14. The van der Waals surface area contributed by atoms with Crippen LogP contribution in [0.25, 0.3) is 11.0 Å². The SMILES string of the molecule is Cn1cnc2c(NC(=O)c3ccccc3Cl)nc(Cl)cc21. The average Bonchev–Trinajstić information content (AvgIpc) is 2.81. The lowest BCUT2D eigenvalue weighted by molar-refractivity contribution is 0.102. The van der Waals surface area contributed by atoms with E-state index in [1.807, 2.05) is 7.05 Å². The van der Waals surface area contributed by atoms with E-state index in [-0.39, 0.29) is 11.1 Å². The minimum Gasteiger partial charge on any atom is -0.334 e. The number of nitrogens with one attached hydrogen (secondary N) is 1. The summed E-state index contributed by atoms with van der Waals surface area (Å²) in [6.07, 6.45) is 1.63. The van der Waals surface area contributed by atoms with Gasteiger partial charge in [0.05, 0.1) is 22.4 Å². The third-order valence-electron chi connectivity index (χ3n) is 3.03. The summed E-state index contributed by atoms with van der Waals surface area (Å²) in [4.78, 5) is 20.6. The lowest BCUT2D eigenvalue weighted by Gasteiger charge is -2.07. The van der Waals surface area contributed by atoms with Crippen molar-refractivity contribution in [2.45, 2.75) is 0 Å². The Morgan fingerprint density at radius 2 is 2.05 bits per heavy atom. The van der Waals surface area contributed by atoms with Gasteiger partial charge in [-0.25, -0.2) is 9.97 Å². The van der Waals surface area contributed by atoms with Crippen molar-refractivity contribution in [3.63, 3.8) is 0 Å². The molecule has 0 unspecified atom stereocenters. The first kappa shape index (κ1) is 13.9. The Labute approximate surface area is 130 Å². The topological polar surface area (TPSA) is 59.8 Å². The number of nitrogens with zero attached hydrogens (tertiary/aromatic N) is 3. The molecule has 0 aliphatic heterocycles. The van der Waals surface area contributed by atoms with Crippen LogP contribution in [0.5, 0.6) is 0 Å². The van der Waals surface area contributed by atoms with Crippen molar-refractivity contribution < 1.29 is 4.79 Å². The molecule has 5 nitrogen and oxygen atoms in total. The van der Waals surface area contributed by atoms with Gasteiger partial charge in [-0.05, 0) is 12.1 Å². The molecule has 106 valence electrons. The number of aromatic nitrogens is 3. The molecule has 1 amide bonds. The number of carbonyl (C=O) groups excluding carboxylic acids is 1. The number of pyridine rings is 1. The van der Waals surface area contributed by atoms with E-state index in [0.717, 1.165) is 5.52 Å². The van der Waals surface area contributed by atoms with Crippen LogP contribution in [0.2, 0.25) is 10.2 Å². The highest BCUT2D eigenvalue weighted by molar-refractivity contribution is 6.34. The van der Waals surface area contributed by atoms with Crippen LogP contribution in [0.15, 0.2) is 36.7 Å². The van der Waals surface area contributed by atoms with Gasteiger partial charge in [-0.1, -0.05) is 35.3 Å². The molecule has 2 aromatic heterocycles. The molecule has 1 N–H and O–H groups in total. The molecular weight excluding hydrogens is 311 g/mol. The largest absolute Gasteiger partial charge is 0.334 e. The van der Waals surface area contributed by atoms with Crippen LogP contribution in [0.3, 0.4) is 0 Å². The number of aryl methyl sites for hydroxylation is 1. The highest BCUT2D eigenvalue weighted by Gasteiger charge is 2.15. The summed E-state index contributed by atoms with van der Waals surface area (Å²) in [5.74, 6) is -0.0506. The smallest absolute Gasteiger partial charge is 0.258 e. The molecule has 0 bridgehead atoms. The number of hydrogen-bond acceptors (Lipinski definition) is 3. The van der Waals surface area contributed by atoms with Crippen molar-refractivity contribution in [2.75, 3.05) is 5.32 Å². The van der Waals surface area contributed by atoms with Gasteiger partial charge in [0, 0.05) is 13.1 Å². The molecular formula is C14H10Cl2N4O. The average molecular weight is 321 g/mol. The fraction of sp³-hybridized carbons (Fsp3) is 0.0714. The molecule has 0 spiro atoms. The first-order valence-electron chi connectivity index (χ1n) is 6.09. The standard InChI is InChI=1S/C14H10Cl2N4O/c1-20-7-17-12-10(20)6-11(16)18-13(12)19-14(21)8-4-2-3-5-9(8)15/h2-7H,1H3,(H,18,19,21). The van der Waals surface area contributed by atoms with Gasteiger partial charge in [0.1, 0.15) is 10.7 Å². The van der Waals surface area contributed by atoms with Crippen molar-refractivity contribution in [3.05, 3.63) is 52.4 Å². The number of hydrogen-bond donors (Lipinski definition) is 1. The number of amides is 1. The quantitative estimate of drug-likeness (QED) is 0.735. The van der Waals surface area contributed by atoms with Gasteiger partial charge < -0.3 is 9.88 Å². The van der Waals surface area contributed by atoms with Crippen LogP contribution < -0.4 is 5.32 Å². The summed E-state index contributed by atoms with van der Waals surface area (Å²) in [6.45, 7) is 0. The molecule has 2 heterocycles. The van der Waals surface area contributed by atoms with Gasteiger partial charge in [0.2, 0.25) is 0 Å². The van der Waals surface area contributed by atoms with Gasteiger partial charge >= 0.3 is 0 Å². The molecule has 0 fully saturated rings. The molecule has 0 aliphatic rings. The van der Waals surface area contributed by atoms with E-state index in [2.05, 4.69) is 15.3 Å². The van der Waals surface area contributed by atoms with Gasteiger partial charge in [-0.3, -0.25) is 4.79 Å². The second-order valence-corrected chi connectivity index (χ2v) is 5.25. The molecule has 21 heavy (non-hydrogen) atoms. The first-order chi connectivity index (χ1) is 10.1. The summed E-state index contributed by atoms with van der Waals surface area (Å²) in [5, 5.41) is 3.35. The zero-order chi connectivity index (χ0) is 15.0. The van der Waals surface area contributed by atoms with Crippen LogP contribution in [0.1, 0.15) is 10.4 Å². The number of carbonyl (C=O) groups is 1. The third kappa shape index (κ3) is 2.57. The van der Waals surface area contributed by atoms with Crippen LogP contribution in [0.4, 0.5) is 5.82 Å². The normalized spacial score (nSPS) is 10.8. The van der Waals surface area contributed by atoms with Gasteiger partial charge in [0.15, 0.2) is 5.82 Å². The van der Waals surface area contributed by atoms with Crippen molar-refractivity contribution >= 4 is 46.0 Å². The highest BCUT2D eigenvalue weighted by Crippen LogP contribution is 2.24. The number of imidazole rings is 1. The molecule has 1 aromatic carbocycles. The summed E-state index contributed by atoms with van der Waals surface area (Å²) in [7, 11) is 1.84. The van der Waals surface area contributed by atoms with Gasteiger partial charge in [-0.2, -0.15) is 0 Å². The predicted molar refractivity (Wildman–Crippen MR) is 82.9 cm³/mol. The van der Waals surface area contributed by atoms with Crippen LogP contribution in [0, 0.1) is 0 Å². The van der Waals surface area contributed by atoms with Crippen LogP contribution in [-0.4, -0.2) is 20.4 Å². The van der Waals surface area contributed by atoms with Crippen molar-refractivity contribution in [3.8, 4) is 0 Å².